The summed E-state index contributed by atoms with van der Waals surface area (Å²) < 4.78 is 0. The number of hydrogen-bond donors (Lipinski definition) is 1. The van der Waals surface area contributed by atoms with Crippen LogP contribution in [0.5, 0.6) is 0 Å². The maximum atomic E-state index is 11.2. The van der Waals surface area contributed by atoms with Gasteiger partial charge < -0.3 is 5.11 Å². The SMILES string of the molecule is CCN(C(=O)O)N(C)c1cc(C)c(-c2ccc(C#N)cc2)nn1.Cl. The van der Waals surface area contributed by atoms with Gasteiger partial charge in [-0.2, -0.15) is 5.26 Å². The van der Waals surface area contributed by atoms with Crippen LogP contribution in [-0.4, -0.2) is 40.0 Å². The van der Waals surface area contributed by atoms with E-state index in [4.69, 9.17) is 10.4 Å². The quantitative estimate of drug-likeness (QED) is 0.854. The summed E-state index contributed by atoms with van der Waals surface area (Å²) in [5.41, 5.74) is 3.00. The first-order chi connectivity index (χ1) is 11.0. The largest absolute Gasteiger partial charge is 0.464 e. The van der Waals surface area contributed by atoms with Crippen LogP contribution in [-0.2, 0) is 0 Å². The van der Waals surface area contributed by atoms with Gasteiger partial charge >= 0.3 is 6.09 Å². The molecule has 0 fully saturated rings. The Balaban J connectivity index is 0.00000288. The van der Waals surface area contributed by atoms with Crippen LogP contribution in [0, 0.1) is 18.3 Å². The lowest BCUT2D eigenvalue weighted by Gasteiger charge is -2.28. The normalized spacial score (nSPS) is 9.58. The predicted octanol–water partition coefficient (Wildman–Crippen LogP) is 3.10. The summed E-state index contributed by atoms with van der Waals surface area (Å²) in [5.74, 6) is 0.448. The number of amides is 1. The van der Waals surface area contributed by atoms with Gasteiger partial charge in [0.2, 0.25) is 0 Å². The number of hydrogen-bond acceptors (Lipinski definition) is 5. The van der Waals surface area contributed by atoms with E-state index in [1.54, 1.807) is 32.2 Å². The van der Waals surface area contributed by atoms with Crippen LogP contribution < -0.4 is 5.01 Å². The lowest BCUT2D eigenvalue weighted by molar-refractivity contribution is 0.145. The molecule has 0 bridgehead atoms. The minimum atomic E-state index is -1.05. The van der Waals surface area contributed by atoms with Gasteiger partial charge in [-0.1, -0.05) is 12.1 Å². The first-order valence-electron chi connectivity index (χ1n) is 7.07. The second-order valence-electron chi connectivity index (χ2n) is 4.95. The lowest BCUT2D eigenvalue weighted by Crippen LogP contribution is -2.44. The Morgan fingerprint density at radius 1 is 1.29 bits per heavy atom. The molecule has 7 nitrogen and oxygen atoms in total. The van der Waals surface area contributed by atoms with Gasteiger partial charge in [0.1, 0.15) is 0 Å². The van der Waals surface area contributed by atoms with Gasteiger partial charge in [0.15, 0.2) is 5.82 Å². The van der Waals surface area contributed by atoms with E-state index in [2.05, 4.69) is 16.3 Å². The van der Waals surface area contributed by atoms with Gasteiger partial charge in [-0.15, -0.1) is 22.6 Å². The summed E-state index contributed by atoms with van der Waals surface area (Å²) in [5, 5.41) is 28.9. The van der Waals surface area contributed by atoms with Crippen molar-refractivity contribution in [1.29, 1.82) is 5.26 Å². The number of benzene rings is 1. The van der Waals surface area contributed by atoms with Crippen LogP contribution in [0.25, 0.3) is 11.3 Å². The number of halogens is 1. The third-order valence-electron chi connectivity index (χ3n) is 3.47. The molecule has 1 amide bonds. The molecular weight excluding hydrogens is 330 g/mol. The number of nitriles is 1. The molecule has 8 heteroatoms. The van der Waals surface area contributed by atoms with Crippen molar-refractivity contribution in [1.82, 2.24) is 15.2 Å². The molecule has 2 rings (SSSR count). The number of aromatic nitrogens is 2. The molecule has 0 spiro atoms. The van der Waals surface area contributed by atoms with Crippen LogP contribution in [0.1, 0.15) is 18.1 Å². The van der Waals surface area contributed by atoms with Crippen LogP contribution in [0.3, 0.4) is 0 Å². The molecule has 1 heterocycles. The van der Waals surface area contributed by atoms with Crippen LogP contribution in [0.2, 0.25) is 0 Å². The summed E-state index contributed by atoms with van der Waals surface area (Å²) in [4.78, 5) is 11.2. The first kappa shape index (κ1) is 19.2. The van der Waals surface area contributed by atoms with Gasteiger partial charge in [-0.25, -0.2) is 9.80 Å². The standard InChI is InChI=1S/C16H17N5O2.ClH/c1-4-21(16(22)23)20(3)14-9-11(2)15(19-18-14)13-7-5-12(10-17)6-8-13;/h5-9H,4H2,1-3H3,(H,22,23);1H. The fourth-order valence-corrected chi connectivity index (χ4v) is 2.22. The Kier molecular flexibility index (Phi) is 6.50. The zero-order chi connectivity index (χ0) is 17.0. The van der Waals surface area contributed by atoms with Gasteiger partial charge in [0.05, 0.1) is 17.3 Å². The number of rotatable bonds is 4. The topological polar surface area (TPSA) is 93.4 Å². The molecular formula is C16H18ClN5O2. The second kappa shape index (κ2) is 8.13. The van der Waals surface area contributed by atoms with E-state index in [1.807, 2.05) is 19.1 Å². The monoisotopic (exact) mass is 347 g/mol. The number of hydrazine groups is 1. The molecule has 0 aliphatic carbocycles. The highest BCUT2D eigenvalue weighted by molar-refractivity contribution is 5.85. The molecule has 0 unspecified atom stereocenters. The van der Waals surface area contributed by atoms with Crippen LogP contribution >= 0.6 is 12.4 Å². The molecule has 1 aromatic heterocycles. The third-order valence-corrected chi connectivity index (χ3v) is 3.47. The molecule has 0 radical (unpaired) electrons. The molecule has 0 atom stereocenters. The smallest absolute Gasteiger partial charge is 0.426 e. The fourth-order valence-electron chi connectivity index (χ4n) is 2.22. The van der Waals surface area contributed by atoms with Crippen molar-refractivity contribution in [3.63, 3.8) is 0 Å². The number of anilines is 1. The third kappa shape index (κ3) is 3.91. The Bertz CT molecular complexity index is 758. The number of nitrogens with zero attached hydrogens (tertiary/aromatic N) is 5. The highest BCUT2D eigenvalue weighted by Gasteiger charge is 2.18. The highest BCUT2D eigenvalue weighted by atomic mass is 35.5. The van der Waals surface area contributed by atoms with Crippen molar-refractivity contribution in [3.05, 3.63) is 41.5 Å². The molecule has 24 heavy (non-hydrogen) atoms. The van der Waals surface area contributed by atoms with Crippen molar-refractivity contribution >= 4 is 24.3 Å². The van der Waals surface area contributed by atoms with E-state index < -0.39 is 6.09 Å². The number of aryl methyl sites for hydroxylation is 1. The Labute approximate surface area is 146 Å². The molecule has 0 saturated heterocycles. The Hall–Kier alpha value is -2.85. The maximum absolute atomic E-state index is 11.2. The number of carbonyl (C=O) groups is 1. The molecule has 0 aliphatic rings. The van der Waals surface area contributed by atoms with Gasteiger partial charge in [0, 0.05) is 19.2 Å². The van der Waals surface area contributed by atoms with E-state index in [-0.39, 0.29) is 12.4 Å². The van der Waals surface area contributed by atoms with Crippen molar-refractivity contribution < 1.29 is 9.90 Å². The summed E-state index contributed by atoms with van der Waals surface area (Å²) >= 11 is 0. The molecule has 0 aliphatic heterocycles. The average Bonchev–Trinajstić information content (AvgIpc) is 2.55. The number of carboxylic acid groups (broad SMARTS) is 1. The molecule has 2 aromatic rings. The predicted molar refractivity (Wildman–Crippen MR) is 93.0 cm³/mol. The maximum Gasteiger partial charge on any atom is 0.426 e. The Morgan fingerprint density at radius 2 is 1.92 bits per heavy atom. The van der Waals surface area contributed by atoms with Gasteiger partial charge in [0.25, 0.3) is 0 Å². The van der Waals surface area contributed by atoms with Gasteiger partial charge in [-0.05, 0) is 37.6 Å². The zero-order valence-corrected chi connectivity index (χ0v) is 14.4. The molecule has 1 aromatic carbocycles. The molecule has 1 N–H and O–H groups in total. The van der Waals surface area contributed by atoms with Crippen molar-refractivity contribution in [2.45, 2.75) is 13.8 Å². The van der Waals surface area contributed by atoms with Gasteiger partial charge in [-0.3, -0.25) is 5.01 Å². The lowest BCUT2D eigenvalue weighted by atomic mass is 10.1. The van der Waals surface area contributed by atoms with Crippen molar-refractivity contribution in [2.24, 2.45) is 0 Å². The van der Waals surface area contributed by atoms with Crippen molar-refractivity contribution in [3.8, 4) is 17.3 Å². The minimum absolute atomic E-state index is 0. The van der Waals surface area contributed by atoms with E-state index >= 15 is 0 Å². The van der Waals surface area contributed by atoms with Crippen molar-refractivity contribution in [2.75, 3.05) is 18.6 Å². The van der Waals surface area contributed by atoms with E-state index in [1.165, 1.54) is 5.01 Å². The zero-order valence-electron chi connectivity index (χ0n) is 13.6. The molecule has 0 saturated carbocycles. The van der Waals surface area contributed by atoms with Crippen LogP contribution in [0.15, 0.2) is 30.3 Å². The highest BCUT2D eigenvalue weighted by Crippen LogP contribution is 2.23. The van der Waals surface area contributed by atoms with E-state index in [9.17, 15) is 4.79 Å². The summed E-state index contributed by atoms with van der Waals surface area (Å²) in [6.07, 6.45) is -1.05. The summed E-state index contributed by atoms with van der Waals surface area (Å²) in [6.45, 7) is 3.94. The first-order valence-corrected chi connectivity index (χ1v) is 7.07. The minimum Gasteiger partial charge on any atom is -0.464 e. The van der Waals surface area contributed by atoms with Crippen LogP contribution in [0.4, 0.5) is 10.6 Å². The second-order valence-corrected chi connectivity index (χ2v) is 4.95. The fraction of sp³-hybridized carbons (Fsp3) is 0.250. The average molecular weight is 348 g/mol. The summed E-state index contributed by atoms with van der Waals surface area (Å²) in [7, 11) is 1.63. The Morgan fingerprint density at radius 3 is 2.38 bits per heavy atom. The van der Waals surface area contributed by atoms with E-state index in [0.29, 0.717) is 23.6 Å². The van der Waals surface area contributed by atoms with E-state index in [0.717, 1.165) is 16.1 Å². The summed E-state index contributed by atoms with van der Waals surface area (Å²) in [6, 6.07) is 10.9. The molecule has 126 valence electrons.